The lowest BCUT2D eigenvalue weighted by atomic mass is 9.83. The van der Waals surface area contributed by atoms with Gasteiger partial charge in [0, 0.05) is 51.9 Å². The van der Waals surface area contributed by atoms with Gasteiger partial charge in [-0.05, 0) is 30.0 Å². The number of nitrogens with zero attached hydrogens (tertiary/aromatic N) is 3. The number of benzene rings is 1. The third-order valence-electron chi connectivity index (χ3n) is 6.23. The minimum atomic E-state index is -0.873. The molecule has 2 N–H and O–H groups in total. The van der Waals surface area contributed by atoms with Crippen molar-refractivity contribution in [3.8, 4) is 0 Å². The molecule has 3 fully saturated rings. The first-order chi connectivity index (χ1) is 12.8. The fraction of sp³-hybridized carbons (Fsp3) is 0.667. The van der Waals surface area contributed by atoms with Crippen molar-refractivity contribution >= 4 is 5.97 Å². The van der Waals surface area contributed by atoms with Crippen LogP contribution in [-0.4, -0.2) is 87.8 Å². The van der Waals surface area contributed by atoms with E-state index in [9.17, 15) is 15.0 Å². The molecule has 3 aliphatic rings. The fourth-order valence-corrected chi connectivity index (χ4v) is 5.41. The maximum Gasteiger partial charge on any atom is 0.335 e. The Labute approximate surface area is 161 Å². The van der Waals surface area contributed by atoms with Gasteiger partial charge in [-0.1, -0.05) is 26.0 Å². The number of fused-ring (bicyclic) bond motifs is 2. The highest BCUT2D eigenvalue weighted by Gasteiger charge is 2.55. The van der Waals surface area contributed by atoms with E-state index in [2.05, 4.69) is 28.5 Å². The summed E-state index contributed by atoms with van der Waals surface area (Å²) in [5, 5.41) is 19.4. The SMILES string of the molecule is CC(C)CN1C[C@H]2C[C@@H](O)CN2C2(C1)CN(Cc1cccc(C(=O)O)c1)C2. The maximum absolute atomic E-state index is 11.2. The van der Waals surface area contributed by atoms with Gasteiger partial charge in [0.25, 0.3) is 0 Å². The van der Waals surface area contributed by atoms with Crippen LogP contribution in [0, 0.1) is 5.92 Å². The Morgan fingerprint density at radius 1 is 1.22 bits per heavy atom. The van der Waals surface area contributed by atoms with Crippen molar-refractivity contribution in [1.82, 2.24) is 14.7 Å². The Morgan fingerprint density at radius 3 is 2.67 bits per heavy atom. The van der Waals surface area contributed by atoms with E-state index < -0.39 is 5.97 Å². The molecule has 27 heavy (non-hydrogen) atoms. The molecule has 3 heterocycles. The first-order valence-corrected chi connectivity index (χ1v) is 10.1. The van der Waals surface area contributed by atoms with Crippen LogP contribution in [0.15, 0.2) is 24.3 Å². The number of aliphatic hydroxyl groups is 1. The molecule has 0 aromatic heterocycles. The third-order valence-corrected chi connectivity index (χ3v) is 6.23. The number of β-amino-alcohol motifs (C(OH)–C–C–N with tert-alkyl or cyclic N) is 1. The standard InChI is InChI=1S/C21H31N3O3/c1-15(2)8-22-10-18-7-19(25)11-24(18)21(12-22)13-23(14-21)9-16-4-3-5-17(6-16)20(26)27/h3-6,15,18-19,25H,7-14H2,1-2H3,(H,26,27)/t18-,19-/m1/s1. The van der Waals surface area contributed by atoms with Crippen molar-refractivity contribution in [3.05, 3.63) is 35.4 Å². The Kier molecular flexibility index (Phi) is 5.01. The zero-order valence-corrected chi connectivity index (χ0v) is 16.3. The van der Waals surface area contributed by atoms with E-state index in [-0.39, 0.29) is 11.6 Å². The van der Waals surface area contributed by atoms with Crippen LogP contribution in [0.2, 0.25) is 0 Å². The van der Waals surface area contributed by atoms with E-state index in [1.165, 1.54) is 0 Å². The van der Waals surface area contributed by atoms with E-state index in [0.29, 0.717) is 17.5 Å². The molecular formula is C21H31N3O3. The van der Waals surface area contributed by atoms with Crippen molar-refractivity contribution in [2.45, 2.75) is 44.5 Å². The van der Waals surface area contributed by atoms with Gasteiger partial charge < -0.3 is 10.2 Å². The van der Waals surface area contributed by atoms with Crippen LogP contribution in [-0.2, 0) is 6.54 Å². The van der Waals surface area contributed by atoms with Gasteiger partial charge in [0.2, 0.25) is 0 Å². The van der Waals surface area contributed by atoms with Gasteiger partial charge in [0.05, 0.1) is 17.2 Å². The summed E-state index contributed by atoms with van der Waals surface area (Å²) < 4.78 is 0. The second-order valence-corrected chi connectivity index (χ2v) is 9.16. The number of carboxylic acid groups (broad SMARTS) is 1. The van der Waals surface area contributed by atoms with E-state index >= 15 is 0 Å². The van der Waals surface area contributed by atoms with Crippen molar-refractivity contribution in [1.29, 1.82) is 0 Å². The molecule has 3 saturated heterocycles. The molecular weight excluding hydrogens is 342 g/mol. The number of carboxylic acids is 1. The number of carbonyl (C=O) groups is 1. The maximum atomic E-state index is 11.2. The van der Waals surface area contributed by atoms with E-state index in [0.717, 1.165) is 57.8 Å². The molecule has 0 unspecified atom stereocenters. The van der Waals surface area contributed by atoms with Crippen LogP contribution in [0.25, 0.3) is 0 Å². The van der Waals surface area contributed by atoms with Crippen LogP contribution in [0.1, 0.15) is 36.2 Å². The van der Waals surface area contributed by atoms with Crippen molar-refractivity contribution < 1.29 is 15.0 Å². The van der Waals surface area contributed by atoms with Gasteiger partial charge in [-0.25, -0.2) is 4.79 Å². The molecule has 0 radical (unpaired) electrons. The number of hydrogen-bond donors (Lipinski definition) is 2. The predicted octanol–water partition coefficient (Wildman–Crippen LogP) is 1.35. The summed E-state index contributed by atoms with van der Waals surface area (Å²) >= 11 is 0. The van der Waals surface area contributed by atoms with Crippen molar-refractivity contribution in [3.63, 3.8) is 0 Å². The monoisotopic (exact) mass is 373 g/mol. The van der Waals surface area contributed by atoms with E-state index in [1.54, 1.807) is 12.1 Å². The Hall–Kier alpha value is -1.47. The lowest BCUT2D eigenvalue weighted by Crippen LogP contribution is -2.77. The molecule has 6 nitrogen and oxygen atoms in total. The van der Waals surface area contributed by atoms with Gasteiger partial charge in [-0.3, -0.25) is 14.7 Å². The second-order valence-electron chi connectivity index (χ2n) is 9.16. The molecule has 4 rings (SSSR count). The van der Waals surface area contributed by atoms with Crippen molar-refractivity contribution in [2.75, 3.05) is 39.3 Å². The number of piperazine rings is 1. The molecule has 0 saturated carbocycles. The number of aromatic carboxylic acids is 1. The Balaban J connectivity index is 1.44. The van der Waals surface area contributed by atoms with Gasteiger partial charge in [-0.15, -0.1) is 0 Å². The normalized spacial score (nSPS) is 28.4. The summed E-state index contributed by atoms with van der Waals surface area (Å²) in [6.45, 7) is 11.3. The highest BCUT2D eigenvalue weighted by atomic mass is 16.4. The average Bonchev–Trinajstić information content (AvgIpc) is 2.93. The summed E-state index contributed by atoms with van der Waals surface area (Å²) in [7, 11) is 0. The Bertz CT molecular complexity index is 702. The molecule has 1 aromatic carbocycles. The fourth-order valence-electron chi connectivity index (χ4n) is 5.41. The summed E-state index contributed by atoms with van der Waals surface area (Å²) in [6, 6.07) is 7.72. The van der Waals surface area contributed by atoms with E-state index in [1.807, 2.05) is 12.1 Å². The number of hydrogen-bond acceptors (Lipinski definition) is 5. The minimum Gasteiger partial charge on any atom is -0.478 e. The third kappa shape index (κ3) is 3.76. The molecule has 2 atom stereocenters. The van der Waals surface area contributed by atoms with Gasteiger partial charge >= 0.3 is 5.97 Å². The molecule has 3 aliphatic heterocycles. The number of likely N-dealkylation sites (tertiary alicyclic amines) is 1. The lowest BCUT2D eigenvalue weighted by molar-refractivity contribution is -0.117. The largest absolute Gasteiger partial charge is 0.478 e. The van der Waals surface area contributed by atoms with Crippen LogP contribution in [0.3, 0.4) is 0 Å². The lowest BCUT2D eigenvalue weighted by Gasteiger charge is -2.61. The number of aliphatic hydroxyl groups excluding tert-OH is 1. The highest BCUT2D eigenvalue weighted by molar-refractivity contribution is 5.87. The minimum absolute atomic E-state index is 0.139. The van der Waals surface area contributed by atoms with Gasteiger partial charge in [0.1, 0.15) is 0 Å². The molecule has 6 heteroatoms. The predicted molar refractivity (Wildman–Crippen MR) is 104 cm³/mol. The highest BCUT2D eigenvalue weighted by Crippen LogP contribution is 2.39. The van der Waals surface area contributed by atoms with Crippen molar-refractivity contribution in [2.24, 2.45) is 5.92 Å². The summed E-state index contributed by atoms with van der Waals surface area (Å²) in [5.41, 5.74) is 1.54. The van der Waals surface area contributed by atoms with Crippen LogP contribution in [0.4, 0.5) is 0 Å². The summed E-state index contributed by atoms with van der Waals surface area (Å²) in [4.78, 5) is 18.8. The smallest absolute Gasteiger partial charge is 0.335 e. The zero-order valence-electron chi connectivity index (χ0n) is 16.3. The van der Waals surface area contributed by atoms with Gasteiger partial charge in [-0.2, -0.15) is 0 Å². The van der Waals surface area contributed by atoms with Crippen LogP contribution < -0.4 is 0 Å². The zero-order chi connectivity index (χ0) is 19.2. The Morgan fingerprint density at radius 2 is 1.96 bits per heavy atom. The molecule has 0 aliphatic carbocycles. The van der Waals surface area contributed by atoms with Gasteiger partial charge in [0.15, 0.2) is 0 Å². The molecule has 1 aromatic rings. The first-order valence-electron chi connectivity index (χ1n) is 10.1. The molecule has 0 bridgehead atoms. The second kappa shape index (κ2) is 7.17. The molecule has 148 valence electrons. The molecule has 1 spiro atoms. The quantitative estimate of drug-likeness (QED) is 0.812. The van der Waals surface area contributed by atoms with E-state index in [4.69, 9.17) is 0 Å². The summed E-state index contributed by atoms with van der Waals surface area (Å²) in [6.07, 6.45) is 0.684. The summed E-state index contributed by atoms with van der Waals surface area (Å²) in [5.74, 6) is -0.225. The average molecular weight is 373 g/mol. The van der Waals surface area contributed by atoms with Crippen LogP contribution in [0.5, 0.6) is 0 Å². The van der Waals surface area contributed by atoms with Crippen LogP contribution >= 0.6 is 0 Å². The first kappa shape index (κ1) is 18.9. The number of rotatable bonds is 5. The molecule has 0 amide bonds. The topological polar surface area (TPSA) is 67.2 Å².